The number of hydrogen-bond acceptors (Lipinski definition) is 3. The molecule has 0 radical (unpaired) electrons. The molecule has 0 saturated heterocycles. The van der Waals surface area contributed by atoms with Gasteiger partial charge in [-0.25, -0.2) is 9.82 Å². The van der Waals surface area contributed by atoms with Gasteiger partial charge in [0.05, 0.1) is 12.3 Å². The highest BCUT2D eigenvalue weighted by molar-refractivity contribution is 9.10. The van der Waals surface area contributed by atoms with Gasteiger partial charge >= 0.3 is 0 Å². The van der Waals surface area contributed by atoms with E-state index in [4.69, 9.17) is 10.3 Å². The summed E-state index contributed by atoms with van der Waals surface area (Å²) in [6.07, 6.45) is 1.57. The highest BCUT2D eigenvalue weighted by Crippen LogP contribution is 2.30. The van der Waals surface area contributed by atoms with Crippen LogP contribution in [0.4, 0.5) is 4.39 Å². The van der Waals surface area contributed by atoms with Crippen molar-refractivity contribution in [3.8, 4) is 0 Å². The fourth-order valence-corrected chi connectivity index (χ4v) is 2.29. The van der Waals surface area contributed by atoms with Crippen LogP contribution in [-0.4, -0.2) is 0 Å². The van der Waals surface area contributed by atoms with Gasteiger partial charge in [-0.1, -0.05) is 6.07 Å². The number of furan rings is 1. The number of benzene rings is 1. The van der Waals surface area contributed by atoms with Gasteiger partial charge in [0, 0.05) is 5.56 Å². The van der Waals surface area contributed by atoms with E-state index in [0.29, 0.717) is 4.67 Å². The summed E-state index contributed by atoms with van der Waals surface area (Å²) >= 11 is 3.31. The Bertz CT molecular complexity index is 527. The van der Waals surface area contributed by atoms with Crippen LogP contribution in [0, 0.1) is 12.7 Å². The minimum absolute atomic E-state index is 0.233. The summed E-state index contributed by atoms with van der Waals surface area (Å²) in [7, 11) is 0. The summed E-state index contributed by atoms with van der Waals surface area (Å²) in [4.78, 5) is 0. The van der Waals surface area contributed by atoms with E-state index in [0.717, 1.165) is 16.7 Å². The largest absolute Gasteiger partial charge is 0.457 e. The van der Waals surface area contributed by atoms with Crippen LogP contribution >= 0.6 is 15.9 Å². The quantitative estimate of drug-likeness (QED) is 0.676. The Labute approximate surface area is 107 Å². The first-order valence-electron chi connectivity index (χ1n) is 5.08. The smallest absolute Gasteiger partial charge is 0.174 e. The molecule has 1 unspecified atom stereocenters. The van der Waals surface area contributed by atoms with Crippen molar-refractivity contribution in [2.75, 3.05) is 0 Å². The monoisotopic (exact) mass is 298 g/mol. The topological polar surface area (TPSA) is 51.2 Å². The standard InChI is InChI=1S/C12H12BrFN2O/c1-7-6-8(14)2-3-9(7)11(16-15)10-4-5-17-12(10)13/h2-6,11,16H,15H2,1H3. The van der Waals surface area contributed by atoms with Crippen molar-refractivity contribution >= 4 is 15.9 Å². The summed E-state index contributed by atoms with van der Waals surface area (Å²) < 4.78 is 18.9. The zero-order chi connectivity index (χ0) is 12.4. The van der Waals surface area contributed by atoms with Crippen LogP contribution in [0.15, 0.2) is 39.6 Å². The Hall–Kier alpha value is -1.17. The highest BCUT2D eigenvalue weighted by atomic mass is 79.9. The molecule has 17 heavy (non-hydrogen) atoms. The molecule has 3 N–H and O–H groups in total. The number of halogens is 2. The molecular formula is C12H12BrFN2O. The van der Waals surface area contributed by atoms with Crippen LogP contribution in [0.2, 0.25) is 0 Å². The van der Waals surface area contributed by atoms with Crippen LogP contribution in [0.3, 0.4) is 0 Å². The summed E-state index contributed by atoms with van der Waals surface area (Å²) in [6.45, 7) is 1.84. The molecule has 0 aliphatic carbocycles. The fourth-order valence-electron chi connectivity index (χ4n) is 1.82. The molecule has 5 heteroatoms. The van der Waals surface area contributed by atoms with Gasteiger partial charge in [-0.3, -0.25) is 5.84 Å². The average Bonchev–Trinajstić information content (AvgIpc) is 2.69. The molecule has 0 spiro atoms. The zero-order valence-electron chi connectivity index (χ0n) is 9.21. The number of aryl methyl sites for hydroxylation is 1. The molecule has 0 bridgehead atoms. The van der Waals surface area contributed by atoms with E-state index in [-0.39, 0.29) is 11.9 Å². The van der Waals surface area contributed by atoms with Crippen LogP contribution in [0.1, 0.15) is 22.7 Å². The van der Waals surface area contributed by atoms with Gasteiger partial charge in [-0.15, -0.1) is 0 Å². The molecule has 0 amide bonds. The first-order chi connectivity index (χ1) is 8.13. The molecule has 3 nitrogen and oxygen atoms in total. The Kier molecular flexibility index (Phi) is 3.61. The molecule has 90 valence electrons. The van der Waals surface area contributed by atoms with Crippen molar-refractivity contribution in [3.63, 3.8) is 0 Å². The maximum atomic E-state index is 13.1. The van der Waals surface area contributed by atoms with Crippen LogP contribution < -0.4 is 11.3 Å². The van der Waals surface area contributed by atoms with E-state index in [1.807, 2.05) is 13.0 Å². The molecule has 2 rings (SSSR count). The van der Waals surface area contributed by atoms with E-state index in [2.05, 4.69) is 21.4 Å². The van der Waals surface area contributed by atoms with E-state index < -0.39 is 0 Å². The first kappa shape index (κ1) is 12.3. The summed E-state index contributed by atoms with van der Waals surface area (Å²) in [5.41, 5.74) is 5.33. The average molecular weight is 299 g/mol. The van der Waals surface area contributed by atoms with Crippen molar-refractivity contribution < 1.29 is 8.81 Å². The maximum Gasteiger partial charge on any atom is 0.174 e. The van der Waals surface area contributed by atoms with Gasteiger partial charge in [0.2, 0.25) is 0 Å². The van der Waals surface area contributed by atoms with Gasteiger partial charge in [0.15, 0.2) is 4.67 Å². The molecule has 1 aromatic carbocycles. The van der Waals surface area contributed by atoms with Gasteiger partial charge in [0.1, 0.15) is 5.82 Å². The second-order valence-corrected chi connectivity index (χ2v) is 4.47. The lowest BCUT2D eigenvalue weighted by molar-refractivity contribution is 0.526. The molecule has 0 fully saturated rings. The van der Waals surface area contributed by atoms with Gasteiger partial charge in [-0.2, -0.15) is 0 Å². The maximum absolute atomic E-state index is 13.1. The Morgan fingerprint density at radius 3 is 2.65 bits per heavy atom. The Morgan fingerprint density at radius 2 is 2.12 bits per heavy atom. The fraction of sp³-hybridized carbons (Fsp3) is 0.167. The molecule has 0 aliphatic rings. The van der Waals surface area contributed by atoms with Crippen molar-refractivity contribution in [1.82, 2.24) is 5.43 Å². The SMILES string of the molecule is Cc1cc(F)ccc1C(NN)c1ccoc1Br. The number of nitrogens with two attached hydrogens (primary N) is 1. The summed E-state index contributed by atoms with van der Waals surface area (Å²) in [5.74, 6) is 5.31. The summed E-state index contributed by atoms with van der Waals surface area (Å²) in [5, 5.41) is 0. The molecule has 0 saturated carbocycles. The minimum Gasteiger partial charge on any atom is -0.457 e. The number of rotatable bonds is 3. The third-order valence-corrected chi connectivity index (χ3v) is 3.31. The third kappa shape index (κ3) is 2.41. The summed E-state index contributed by atoms with van der Waals surface area (Å²) in [6, 6.07) is 6.20. The lowest BCUT2D eigenvalue weighted by Crippen LogP contribution is -2.29. The van der Waals surface area contributed by atoms with Crippen molar-refractivity contribution in [3.05, 3.63) is 57.7 Å². The zero-order valence-corrected chi connectivity index (χ0v) is 10.8. The van der Waals surface area contributed by atoms with E-state index in [1.54, 1.807) is 12.3 Å². The second kappa shape index (κ2) is 5.00. The Morgan fingerprint density at radius 1 is 1.35 bits per heavy atom. The predicted octanol–water partition coefficient (Wildman–Crippen LogP) is 3.04. The Balaban J connectivity index is 2.46. The molecule has 0 aliphatic heterocycles. The van der Waals surface area contributed by atoms with Gasteiger partial charge in [0.25, 0.3) is 0 Å². The third-order valence-electron chi connectivity index (χ3n) is 2.67. The minimum atomic E-state index is -0.256. The van der Waals surface area contributed by atoms with Crippen LogP contribution in [0.5, 0.6) is 0 Å². The van der Waals surface area contributed by atoms with Crippen molar-refractivity contribution in [2.24, 2.45) is 5.84 Å². The van der Waals surface area contributed by atoms with Crippen molar-refractivity contribution in [2.45, 2.75) is 13.0 Å². The molecular weight excluding hydrogens is 287 g/mol. The van der Waals surface area contributed by atoms with E-state index >= 15 is 0 Å². The van der Waals surface area contributed by atoms with Crippen molar-refractivity contribution in [1.29, 1.82) is 0 Å². The normalized spacial score (nSPS) is 12.7. The lowest BCUT2D eigenvalue weighted by Gasteiger charge is -2.17. The van der Waals surface area contributed by atoms with E-state index in [1.165, 1.54) is 12.1 Å². The highest BCUT2D eigenvalue weighted by Gasteiger charge is 2.19. The van der Waals surface area contributed by atoms with Crippen LogP contribution in [0.25, 0.3) is 0 Å². The van der Waals surface area contributed by atoms with Crippen LogP contribution in [-0.2, 0) is 0 Å². The number of hydrazine groups is 1. The predicted molar refractivity (Wildman–Crippen MR) is 66.7 cm³/mol. The second-order valence-electron chi connectivity index (χ2n) is 3.75. The van der Waals surface area contributed by atoms with E-state index in [9.17, 15) is 4.39 Å². The first-order valence-corrected chi connectivity index (χ1v) is 5.88. The number of nitrogens with one attached hydrogen (secondary N) is 1. The van der Waals surface area contributed by atoms with Gasteiger partial charge < -0.3 is 4.42 Å². The number of hydrogen-bond donors (Lipinski definition) is 2. The molecule has 1 heterocycles. The molecule has 1 atom stereocenters. The lowest BCUT2D eigenvalue weighted by atomic mass is 9.97. The molecule has 1 aromatic heterocycles. The molecule has 2 aromatic rings. The van der Waals surface area contributed by atoms with Gasteiger partial charge in [-0.05, 0) is 52.2 Å².